The van der Waals surface area contributed by atoms with Gasteiger partial charge >= 0.3 is 0 Å². The normalized spacial score (nSPS) is 12.6. The molecule has 0 unspecified atom stereocenters. The maximum absolute atomic E-state index is 11.9. The van der Waals surface area contributed by atoms with E-state index in [4.69, 9.17) is 5.73 Å². The van der Waals surface area contributed by atoms with Crippen molar-refractivity contribution in [2.75, 3.05) is 18.4 Å². The monoisotopic (exact) mass is 261 g/mol. The number of hydrogen-bond acceptors (Lipinski definition) is 3. The number of amides is 2. The van der Waals surface area contributed by atoms with Crippen LogP contribution in [0, 0.1) is 0 Å². The van der Waals surface area contributed by atoms with Crippen molar-refractivity contribution in [2.24, 2.45) is 5.73 Å². The van der Waals surface area contributed by atoms with Gasteiger partial charge in [0.1, 0.15) is 0 Å². The summed E-state index contributed by atoms with van der Waals surface area (Å²) in [5.74, 6) is -0.355. The van der Waals surface area contributed by atoms with Crippen LogP contribution in [0.4, 0.5) is 5.69 Å². The number of fused-ring (bicyclic) bond motifs is 1. The number of primary amides is 1. The van der Waals surface area contributed by atoms with Gasteiger partial charge in [-0.15, -0.1) is 0 Å². The molecule has 19 heavy (non-hydrogen) atoms. The van der Waals surface area contributed by atoms with E-state index in [2.05, 4.69) is 10.6 Å². The molecule has 0 aromatic heterocycles. The molecule has 1 aromatic carbocycles. The first-order valence-electron chi connectivity index (χ1n) is 6.60. The molecule has 0 spiro atoms. The zero-order valence-electron chi connectivity index (χ0n) is 10.9. The van der Waals surface area contributed by atoms with E-state index in [0.29, 0.717) is 24.9 Å². The fourth-order valence-corrected chi connectivity index (χ4v) is 2.17. The Hall–Kier alpha value is -2.04. The molecular weight excluding hydrogens is 242 g/mol. The molecule has 1 aliphatic heterocycles. The van der Waals surface area contributed by atoms with Crippen LogP contribution >= 0.6 is 0 Å². The Bertz CT molecular complexity index is 486. The number of nitrogens with two attached hydrogens (primary N) is 1. The lowest BCUT2D eigenvalue weighted by atomic mass is 10.1. The molecule has 0 radical (unpaired) electrons. The first kappa shape index (κ1) is 13.4. The molecule has 1 aliphatic rings. The second-order valence-corrected chi connectivity index (χ2v) is 4.73. The van der Waals surface area contributed by atoms with Crippen molar-refractivity contribution in [3.05, 3.63) is 29.3 Å². The predicted molar refractivity (Wildman–Crippen MR) is 74.0 cm³/mol. The van der Waals surface area contributed by atoms with Crippen LogP contribution < -0.4 is 16.4 Å². The van der Waals surface area contributed by atoms with Crippen LogP contribution in [0.3, 0.4) is 0 Å². The molecule has 1 aromatic rings. The molecule has 0 fully saturated rings. The third-order valence-electron chi connectivity index (χ3n) is 3.21. The Morgan fingerprint density at radius 1 is 1.32 bits per heavy atom. The number of carbonyl (C=O) groups is 2. The quantitative estimate of drug-likeness (QED) is 0.669. The summed E-state index contributed by atoms with van der Waals surface area (Å²) < 4.78 is 0. The minimum Gasteiger partial charge on any atom is -0.384 e. The van der Waals surface area contributed by atoms with E-state index in [0.717, 1.165) is 25.1 Å². The van der Waals surface area contributed by atoms with Crippen molar-refractivity contribution < 1.29 is 9.59 Å². The van der Waals surface area contributed by atoms with Crippen LogP contribution in [-0.4, -0.2) is 24.9 Å². The Kier molecular flexibility index (Phi) is 4.39. The van der Waals surface area contributed by atoms with E-state index in [1.54, 1.807) is 0 Å². The third-order valence-corrected chi connectivity index (χ3v) is 3.21. The first-order chi connectivity index (χ1) is 9.16. The minimum atomic E-state index is -0.294. The van der Waals surface area contributed by atoms with Gasteiger partial charge in [0.25, 0.3) is 5.91 Å². The predicted octanol–water partition coefficient (Wildman–Crippen LogP) is 1.04. The fourth-order valence-electron chi connectivity index (χ4n) is 2.17. The summed E-state index contributed by atoms with van der Waals surface area (Å²) in [7, 11) is 0. The van der Waals surface area contributed by atoms with E-state index >= 15 is 0 Å². The van der Waals surface area contributed by atoms with Gasteiger partial charge in [0.15, 0.2) is 0 Å². The zero-order chi connectivity index (χ0) is 13.7. The topological polar surface area (TPSA) is 84.2 Å². The Morgan fingerprint density at radius 3 is 2.95 bits per heavy atom. The van der Waals surface area contributed by atoms with Crippen molar-refractivity contribution in [3.8, 4) is 0 Å². The minimum absolute atomic E-state index is 0.0613. The van der Waals surface area contributed by atoms with E-state index in [9.17, 15) is 9.59 Å². The summed E-state index contributed by atoms with van der Waals surface area (Å²) in [5.41, 5.74) is 8.06. The number of hydrogen-bond donors (Lipinski definition) is 3. The smallest absolute Gasteiger partial charge is 0.251 e. The summed E-state index contributed by atoms with van der Waals surface area (Å²) in [4.78, 5) is 22.5. The average Bonchev–Trinajstić information content (AvgIpc) is 2.84. The third kappa shape index (κ3) is 3.71. The molecule has 4 N–H and O–H groups in total. The molecule has 5 nitrogen and oxygen atoms in total. The first-order valence-corrected chi connectivity index (χ1v) is 6.60. The lowest BCUT2D eigenvalue weighted by Crippen LogP contribution is -2.24. The maximum Gasteiger partial charge on any atom is 0.251 e. The average molecular weight is 261 g/mol. The summed E-state index contributed by atoms with van der Waals surface area (Å²) in [5, 5.41) is 6.11. The summed E-state index contributed by atoms with van der Waals surface area (Å²) >= 11 is 0. The Labute approximate surface area is 112 Å². The van der Waals surface area contributed by atoms with Gasteiger partial charge in [0, 0.05) is 30.8 Å². The molecular formula is C14H19N3O2. The van der Waals surface area contributed by atoms with Crippen LogP contribution in [0.25, 0.3) is 0 Å². The number of anilines is 1. The maximum atomic E-state index is 11.9. The Morgan fingerprint density at radius 2 is 2.16 bits per heavy atom. The number of carbonyl (C=O) groups excluding carboxylic acids is 2. The lowest BCUT2D eigenvalue weighted by molar-refractivity contribution is -0.118. The van der Waals surface area contributed by atoms with Crippen LogP contribution in [0.15, 0.2) is 18.2 Å². The second kappa shape index (κ2) is 6.22. The van der Waals surface area contributed by atoms with E-state index in [-0.39, 0.29) is 11.8 Å². The number of benzene rings is 1. The van der Waals surface area contributed by atoms with Crippen molar-refractivity contribution in [3.63, 3.8) is 0 Å². The molecule has 0 saturated heterocycles. The standard InChI is InChI=1S/C14H19N3O2/c15-13(18)3-1-2-7-17-14(19)11-4-5-12-10(9-11)6-8-16-12/h4-5,9,16H,1-3,6-8H2,(H2,15,18)(H,17,19). The van der Waals surface area contributed by atoms with Crippen molar-refractivity contribution in [2.45, 2.75) is 25.7 Å². The lowest BCUT2D eigenvalue weighted by Gasteiger charge is -2.06. The molecule has 102 valence electrons. The van der Waals surface area contributed by atoms with E-state index < -0.39 is 0 Å². The van der Waals surface area contributed by atoms with E-state index in [1.165, 1.54) is 5.56 Å². The fraction of sp³-hybridized carbons (Fsp3) is 0.429. The number of rotatable bonds is 6. The zero-order valence-corrected chi connectivity index (χ0v) is 10.9. The van der Waals surface area contributed by atoms with Gasteiger partial charge in [0.05, 0.1) is 0 Å². The van der Waals surface area contributed by atoms with Crippen LogP contribution in [0.5, 0.6) is 0 Å². The summed E-state index contributed by atoms with van der Waals surface area (Å²) in [6, 6.07) is 5.72. The van der Waals surface area contributed by atoms with Gasteiger partial charge in [-0.25, -0.2) is 0 Å². The van der Waals surface area contributed by atoms with Gasteiger partial charge in [-0.3, -0.25) is 9.59 Å². The van der Waals surface area contributed by atoms with Gasteiger partial charge in [-0.1, -0.05) is 0 Å². The van der Waals surface area contributed by atoms with Gasteiger partial charge < -0.3 is 16.4 Å². The second-order valence-electron chi connectivity index (χ2n) is 4.73. The van der Waals surface area contributed by atoms with Crippen molar-refractivity contribution in [1.82, 2.24) is 5.32 Å². The molecule has 0 bridgehead atoms. The summed E-state index contributed by atoms with van der Waals surface area (Å²) in [6.07, 6.45) is 2.82. The molecule has 2 amide bonds. The number of unbranched alkanes of at least 4 members (excludes halogenated alkanes) is 1. The largest absolute Gasteiger partial charge is 0.384 e. The molecule has 5 heteroatoms. The highest BCUT2D eigenvalue weighted by atomic mass is 16.2. The van der Waals surface area contributed by atoms with Crippen LogP contribution in [0.2, 0.25) is 0 Å². The summed E-state index contributed by atoms with van der Waals surface area (Å²) in [6.45, 7) is 1.51. The highest BCUT2D eigenvalue weighted by molar-refractivity contribution is 5.95. The van der Waals surface area contributed by atoms with E-state index in [1.807, 2.05) is 18.2 Å². The Balaban J connectivity index is 1.78. The molecule has 0 aliphatic carbocycles. The van der Waals surface area contributed by atoms with Crippen molar-refractivity contribution >= 4 is 17.5 Å². The van der Waals surface area contributed by atoms with Crippen LogP contribution in [0.1, 0.15) is 35.2 Å². The van der Waals surface area contributed by atoms with Gasteiger partial charge in [0.2, 0.25) is 5.91 Å². The molecule has 0 atom stereocenters. The van der Waals surface area contributed by atoms with Gasteiger partial charge in [-0.05, 0) is 43.0 Å². The highest BCUT2D eigenvalue weighted by Crippen LogP contribution is 2.22. The van der Waals surface area contributed by atoms with Crippen molar-refractivity contribution in [1.29, 1.82) is 0 Å². The molecule has 1 heterocycles. The highest BCUT2D eigenvalue weighted by Gasteiger charge is 2.12. The molecule has 2 rings (SSSR count). The van der Waals surface area contributed by atoms with Crippen LogP contribution in [-0.2, 0) is 11.2 Å². The molecule has 0 saturated carbocycles. The SMILES string of the molecule is NC(=O)CCCCNC(=O)c1ccc2c(c1)CCN2. The number of nitrogens with one attached hydrogen (secondary N) is 2. The van der Waals surface area contributed by atoms with Gasteiger partial charge in [-0.2, -0.15) is 0 Å².